The van der Waals surface area contributed by atoms with Crippen LogP contribution < -0.4 is 0 Å². The molecule has 0 aromatic heterocycles. The molecule has 0 radical (unpaired) electrons. The van der Waals surface area contributed by atoms with Crippen LogP contribution in [-0.4, -0.2) is 16.5 Å². The van der Waals surface area contributed by atoms with Gasteiger partial charge >= 0.3 is 0 Å². The number of hydrogen-bond donors (Lipinski definition) is 1. The zero-order valence-electron chi connectivity index (χ0n) is 20.9. The van der Waals surface area contributed by atoms with Gasteiger partial charge in [0.25, 0.3) is 0 Å². The molecule has 0 bridgehead atoms. The van der Waals surface area contributed by atoms with Gasteiger partial charge in [0.2, 0.25) is 0 Å². The fourth-order valence-electron chi connectivity index (χ4n) is 9.27. The number of Topliss-reactive ketones (excluding diaryl/α,β-unsaturated/α-hetero) is 1. The molecule has 0 spiro atoms. The van der Waals surface area contributed by atoms with Crippen molar-refractivity contribution in [1.29, 1.82) is 0 Å². The van der Waals surface area contributed by atoms with Crippen molar-refractivity contribution in [2.24, 2.45) is 40.9 Å². The lowest BCUT2D eigenvalue weighted by molar-refractivity contribution is -0.0976. The van der Waals surface area contributed by atoms with Gasteiger partial charge in [0.1, 0.15) is 0 Å². The lowest BCUT2D eigenvalue weighted by Gasteiger charge is -2.56. The summed E-state index contributed by atoms with van der Waals surface area (Å²) in [5.41, 5.74) is 2.83. The van der Waals surface area contributed by atoms with Crippen molar-refractivity contribution in [3.05, 3.63) is 60.2 Å². The molecule has 2 aromatic rings. The molecule has 2 aromatic carbocycles. The molecular weight excluding hydrogens is 416 g/mol. The van der Waals surface area contributed by atoms with Crippen molar-refractivity contribution in [2.45, 2.75) is 77.2 Å². The van der Waals surface area contributed by atoms with Crippen LogP contribution >= 0.6 is 0 Å². The number of benzene rings is 2. The average molecular weight is 457 g/mol. The maximum Gasteiger partial charge on any atom is 0.167 e. The minimum absolute atomic E-state index is 0.134. The van der Waals surface area contributed by atoms with Gasteiger partial charge in [-0.3, -0.25) is 4.79 Å². The van der Waals surface area contributed by atoms with E-state index in [1.54, 1.807) is 0 Å². The highest BCUT2D eigenvalue weighted by Crippen LogP contribution is 2.65. The summed E-state index contributed by atoms with van der Waals surface area (Å²) in [4.78, 5) is 14.1. The maximum absolute atomic E-state index is 14.1. The first-order valence-corrected chi connectivity index (χ1v) is 13.8. The Kier molecular flexibility index (Phi) is 5.52. The second-order valence-electron chi connectivity index (χ2n) is 12.6. The minimum Gasteiger partial charge on any atom is -0.390 e. The molecule has 6 rings (SSSR count). The summed E-state index contributed by atoms with van der Waals surface area (Å²) in [5.74, 6) is 4.33. The number of rotatable bonds is 3. The lowest BCUT2D eigenvalue weighted by atomic mass is 9.49. The topological polar surface area (TPSA) is 37.3 Å². The second-order valence-corrected chi connectivity index (χ2v) is 12.6. The normalized spacial score (nSPS) is 41.3. The van der Waals surface area contributed by atoms with E-state index >= 15 is 0 Å². The molecule has 8 atom stereocenters. The summed E-state index contributed by atoms with van der Waals surface area (Å²) >= 11 is 0. The van der Waals surface area contributed by atoms with E-state index in [-0.39, 0.29) is 11.3 Å². The van der Waals surface area contributed by atoms with Crippen LogP contribution in [0.5, 0.6) is 0 Å². The van der Waals surface area contributed by atoms with Crippen molar-refractivity contribution >= 4 is 5.78 Å². The first kappa shape index (κ1) is 22.5. The Balaban J connectivity index is 1.26. The van der Waals surface area contributed by atoms with E-state index in [0.717, 1.165) is 53.7 Å². The third kappa shape index (κ3) is 3.60. The summed E-state index contributed by atoms with van der Waals surface area (Å²) in [7, 11) is 0. The molecular formula is C32H40O2. The van der Waals surface area contributed by atoms with E-state index in [0.29, 0.717) is 17.6 Å². The summed E-state index contributed by atoms with van der Waals surface area (Å²) in [6.45, 7) is 4.51. The van der Waals surface area contributed by atoms with Gasteiger partial charge in [0.15, 0.2) is 5.78 Å². The van der Waals surface area contributed by atoms with Crippen molar-refractivity contribution < 1.29 is 9.90 Å². The van der Waals surface area contributed by atoms with Crippen molar-refractivity contribution in [1.82, 2.24) is 0 Å². The standard InChI is InChI=1S/C32H40O2/c1-31(34)18-16-24-22(20-31)12-13-26-25(24)17-19-32(2)28(26)14-15-29(32)30(33)27-11-7-6-10-23(27)21-8-4-3-5-9-21/h3-11,22,24-26,28-29,34H,12-20H2,1-2H3/t22-,24-,25+,26+,28-,29+,31+,32-/m0/s1. The smallest absolute Gasteiger partial charge is 0.167 e. The highest BCUT2D eigenvalue weighted by molar-refractivity contribution is 6.04. The number of ketones is 1. The van der Waals surface area contributed by atoms with Crippen LogP contribution in [-0.2, 0) is 0 Å². The van der Waals surface area contributed by atoms with E-state index < -0.39 is 5.60 Å². The molecule has 0 saturated heterocycles. The maximum atomic E-state index is 14.1. The van der Waals surface area contributed by atoms with Gasteiger partial charge < -0.3 is 5.11 Å². The molecule has 4 fully saturated rings. The number of carbonyl (C=O) groups is 1. The highest BCUT2D eigenvalue weighted by Gasteiger charge is 2.58. The van der Waals surface area contributed by atoms with Gasteiger partial charge in [-0.1, -0.05) is 61.5 Å². The summed E-state index contributed by atoms with van der Waals surface area (Å²) in [6.07, 6.45) is 10.5. The molecule has 0 amide bonds. The van der Waals surface area contributed by atoms with Gasteiger partial charge in [-0.2, -0.15) is 0 Å². The van der Waals surface area contributed by atoms with Crippen LogP contribution in [0.4, 0.5) is 0 Å². The van der Waals surface area contributed by atoms with Gasteiger partial charge in [-0.15, -0.1) is 0 Å². The summed E-state index contributed by atoms with van der Waals surface area (Å²) < 4.78 is 0. The van der Waals surface area contributed by atoms with Gasteiger partial charge in [-0.05, 0) is 111 Å². The quantitative estimate of drug-likeness (QED) is 0.484. The number of fused-ring (bicyclic) bond motifs is 5. The Morgan fingerprint density at radius 2 is 1.53 bits per heavy atom. The van der Waals surface area contributed by atoms with Crippen LogP contribution in [0.2, 0.25) is 0 Å². The zero-order chi connectivity index (χ0) is 23.5. The predicted molar refractivity (Wildman–Crippen MR) is 137 cm³/mol. The molecule has 4 aliphatic rings. The molecule has 2 nitrogen and oxygen atoms in total. The fourth-order valence-corrected chi connectivity index (χ4v) is 9.27. The summed E-state index contributed by atoms with van der Waals surface area (Å²) in [5, 5.41) is 10.7. The van der Waals surface area contributed by atoms with Crippen LogP contribution in [0, 0.1) is 40.9 Å². The number of hydrogen-bond acceptors (Lipinski definition) is 2. The van der Waals surface area contributed by atoms with Crippen LogP contribution in [0.15, 0.2) is 54.6 Å². The molecule has 34 heavy (non-hydrogen) atoms. The second kappa shape index (κ2) is 8.33. The summed E-state index contributed by atoms with van der Waals surface area (Å²) in [6, 6.07) is 18.7. The molecule has 1 N–H and O–H groups in total. The van der Waals surface area contributed by atoms with Gasteiger partial charge in [0.05, 0.1) is 5.60 Å². The lowest BCUT2D eigenvalue weighted by Crippen LogP contribution is -2.51. The van der Waals surface area contributed by atoms with Crippen molar-refractivity contribution in [3.63, 3.8) is 0 Å². The van der Waals surface area contributed by atoms with Gasteiger partial charge in [-0.25, -0.2) is 0 Å². The van der Waals surface area contributed by atoms with Crippen LogP contribution in [0.3, 0.4) is 0 Å². The predicted octanol–water partition coefficient (Wildman–Crippen LogP) is 7.56. The minimum atomic E-state index is -0.450. The van der Waals surface area contributed by atoms with Crippen LogP contribution in [0.25, 0.3) is 11.1 Å². The molecule has 2 heteroatoms. The van der Waals surface area contributed by atoms with Crippen molar-refractivity contribution in [3.8, 4) is 11.1 Å². The van der Waals surface area contributed by atoms with Crippen LogP contribution in [0.1, 0.15) is 82.0 Å². The Labute approximate surface area is 205 Å². The first-order chi connectivity index (χ1) is 16.4. The van der Waals surface area contributed by atoms with E-state index in [1.807, 2.05) is 19.1 Å². The zero-order valence-corrected chi connectivity index (χ0v) is 20.9. The third-order valence-corrected chi connectivity index (χ3v) is 10.8. The molecule has 4 aliphatic carbocycles. The van der Waals surface area contributed by atoms with E-state index in [9.17, 15) is 9.90 Å². The molecule has 0 unspecified atom stereocenters. The highest BCUT2D eigenvalue weighted by atomic mass is 16.3. The first-order valence-electron chi connectivity index (χ1n) is 13.8. The van der Waals surface area contributed by atoms with Crippen molar-refractivity contribution in [2.75, 3.05) is 0 Å². The molecule has 0 aliphatic heterocycles. The Morgan fingerprint density at radius 1 is 0.794 bits per heavy atom. The molecule has 180 valence electrons. The largest absolute Gasteiger partial charge is 0.390 e. The SMILES string of the molecule is C[C@@]1(O)CC[C@H]2[C@@H](CC[C@@H]3[C@@H]2CC[C@]2(C)[C@@H](C(=O)c4ccccc4-c4ccccc4)CC[C@@H]32)C1. The average Bonchev–Trinajstić information content (AvgIpc) is 3.20. The van der Waals surface area contributed by atoms with E-state index in [4.69, 9.17) is 0 Å². The third-order valence-electron chi connectivity index (χ3n) is 10.8. The molecule has 0 heterocycles. The van der Waals surface area contributed by atoms with Gasteiger partial charge in [0, 0.05) is 11.5 Å². The Hall–Kier alpha value is -1.93. The van der Waals surface area contributed by atoms with E-state index in [2.05, 4.69) is 49.4 Å². The molecule has 4 saturated carbocycles. The number of carbonyl (C=O) groups excluding carboxylic acids is 1. The number of aliphatic hydroxyl groups is 1. The fraction of sp³-hybridized carbons (Fsp3) is 0.594. The monoisotopic (exact) mass is 456 g/mol. The van der Waals surface area contributed by atoms with E-state index in [1.165, 1.54) is 38.5 Å². The Morgan fingerprint density at radius 3 is 2.35 bits per heavy atom. The Bertz CT molecular complexity index is 1060.